The van der Waals surface area contributed by atoms with Crippen LogP contribution in [-0.4, -0.2) is 22.9 Å². The highest BCUT2D eigenvalue weighted by Gasteiger charge is 2.08. The zero-order valence-corrected chi connectivity index (χ0v) is 13.8. The monoisotopic (exact) mass is 396 g/mol. The second-order valence-electron chi connectivity index (χ2n) is 3.87. The van der Waals surface area contributed by atoms with E-state index in [1.807, 2.05) is 42.5 Å². The molecule has 6 heteroatoms. The molecule has 1 aromatic heterocycles. The van der Waals surface area contributed by atoms with Crippen molar-refractivity contribution in [2.75, 3.05) is 7.05 Å². The Hall–Kier alpha value is -1.54. The fourth-order valence-corrected chi connectivity index (χ4v) is 1.95. The van der Waals surface area contributed by atoms with E-state index >= 15 is 0 Å². The van der Waals surface area contributed by atoms with Crippen LogP contribution in [0.4, 0.5) is 0 Å². The minimum atomic E-state index is 0.462. The van der Waals surface area contributed by atoms with E-state index in [4.69, 9.17) is 12.2 Å². The van der Waals surface area contributed by atoms with Gasteiger partial charge >= 0.3 is 0 Å². The summed E-state index contributed by atoms with van der Waals surface area (Å²) in [7, 11) is 1.75. The molecule has 0 saturated carbocycles. The molecule has 0 atom stereocenters. The summed E-state index contributed by atoms with van der Waals surface area (Å²) in [5.74, 6) is 0. The Balaban J connectivity index is 2.39. The van der Waals surface area contributed by atoms with Crippen molar-refractivity contribution in [1.29, 1.82) is 0 Å². The number of benzene rings is 1. The van der Waals surface area contributed by atoms with Gasteiger partial charge in [0.15, 0.2) is 5.11 Å². The zero-order chi connectivity index (χ0) is 14.4. The first kappa shape index (κ1) is 14.9. The predicted molar refractivity (Wildman–Crippen MR) is 93.8 cm³/mol. The molecule has 0 saturated heterocycles. The quantitative estimate of drug-likeness (QED) is 0.363. The van der Waals surface area contributed by atoms with Gasteiger partial charge in [-0.1, -0.05) is 18.2 Å². The predicted octanol–water partition coefficient (Wildman–Crippen LogP) is 2.53. The summed E-state index contributed by atoms with van der Waals surface area (Å²) in [4.78, 5) is 4.35. The van der Waals surface area contributed by atoms with Crippen molar-refractivity contribution >= 4 is 45.6 Å². The van der Waals surface area contributed by atoms with Crippen molar-refractivity contribution in [3.05, 3.63) is 63.5 Å². The summed E-state index contributed by atoms with van der Waals surface area (Å²) >= 11 is 7.31. The van der Waals surface area contributed by atoms with Gasteiger partial charge in [0, 0.05) is 22.4 Å². The lowest BCUT2D eigenvalue weighted by molar-refractivity contribution is 0.973. The van der Waals surface area contributed by atoms with Gasteiger partial charge in [0.1, 0.15) is 5.71 Å². The van der Waals surface area contributed by atoms with Crippen LogP contribution in [0.3, 0.4) is 0 Å². The molecule has 0 aliphatic rings. The van der Waals surface area contributed by atoms with Crippen LogP contribution in [0.2, 0.25) is 0 Å². The highest BCUT2D eigenvalue weighted by molar-refractivity contribution is 14.1. The number of hydrazone groups is 1. The second kappa shape index (κ2) is 7.30. The van der Waals surface area contributed by atoms with E-state index in [1.54, 1.807) is 13.2 Å². The van der Waals surface area contributed by atoms with E-state index in [9.17, 15) is 0 Å². The van der Waals surface area contributed by atoms with E-state index in [0.717, 1.165) is 17.0 Å². The molecule has 0 amide bonds. The van der Waals surface area contributed by atoms with Gasteiger partial charge in [0.05, 0.1) is 5.69 Å². The summed E-state index contributed by atoms with van der Waals surface area (Å²) in [6.45, 7) is 0. The van der Waals surface area contributed by atoms with Crippen LogP contribution in [0.25, 0.3) is 0 Å². The second-order valence-corrected chi connectivity index (χ2v) is 5.53. The zero-order valence-electron chi connectivity index (χ0n) is 10.8. The van der Waals surface area contributed by atoms with E-state index in [1.165, 1.54) is 3.57 Å². The molecule has 0 fully saturated rings. The molecular formula is C14H13IN4S. The van der Waals surface area contributed by atoms with Crippen molar-refractivity contribution in [2.24, 2.45) is 5.10 Å². The highest BCUT2D eigenvalue weighted by Crippen LogP contribution is 2.11. The Labute approximate surface area is 136 Å². The van der Waals surface area contributed by atoms with Gasteiger partial charge in [-0.15, -0.1) is 0 Å². The third-order valence-corrected chi connectivity index (χ3v) is 3.54. The summed E-state index contributed by atoms with van der Waals surface area (Å²) in [6.07, 6.45) is 1.74. The fraction of sp³-hybridized carbons (Fsp3) is 0.0714. The summed E-state index contributed by atoms with van der Waals surface area (Å²) in [6, 6.07) is 13.8. The Morgan fingerprint density at radius 1 is 1.20 bits per heavy atom. The lowest BCUT2D eigenvalue weighted by Crippen LogP contribution is -2.29. The molecular weight excluding hydrogens is 383 g/mol. The normalized spacial score (nSPS) is 11.0. The average Bonchev–Trinajstić information content (AvgIpc) is 2.50. The number of halogens is 1. The van der Waals surface area contributed by atoms with E-state index in [2.05, 4.69) is 43.4 Å². The fourth-order valence-electron chi connectivity index (χ4n) is 1.54. The number of aromatic nitrogens is 1. The van der Waals surface area contributed by atoms with Gasteiger partial charge in [-0.3, -0.25) is 10.4 Å². The maximum atomic E-state index is 5.04. The maximum Gasteiger partial charge on any atom is 0.186 e. The van der Waals surface area contributed by atoms with Gasteiger partial charge in [-0.25, -0.2) is 0 Å². The number of nitrogens with zero attached hydrogens (tertiary/aromatic N) is 2. The van der Waals surface area contributed by atoms with Crippen molar-refractivity contribution < 1.29 is 0 Å². The van der Waals surface area contributed by atoms with Crippen molar-refractivity contribution in [2.45, 2.75) is 0 Å². The number of nitrogens with one attached hydrogen (secondary N) is 2. The lowest BCUT2D eigenvalue weighted by atomic mass is 10.1. The maximum absolute atomic E-state index is 5.04. The van der Waals surface area contributed by atoms with Gasteiger partial charge in [0.25, 0.3) is 0 Å². The van der Waals surface area contributed by atoms with Gasteiger partial charge < -0.3 is 5.32 Å². The Morgan fingerprint density at radius 3 is 2.55 bits per heavy atom. The van der Waals surface area contributed by atoms with Crippen LogP contribution in [0.5, 0.6) is 0 Å². The summed E-state index contributed by atoms with van der Waals surface area (Å²) in [5.41, 5.74) is 5.33. The van der Waals surface area contributed by atoms with Crippen LogP contribution in [0.15, 0.2) is 53.8 Å². The first-order valence-corrected chi connectivity index (χ1v) is 7.42. The summed E-state index contributed by atoms with van der Waals surface area (Å²) in [5, 5.41) is 7.65. The average molecular weight is 396 g/mol. The largest absolute Gasteiger partial charge is 0.364 e. The van der Waals surface area contributed by atoms with Gasteiger partial charge in [-0.05, 0) is 59.1 Å². The third-order valence-electron chi connectivity index (χ3n) is 2.52. The van der Waals surface area contributed by atoms with Gasteiger partial charge in [0.2, 0.25) is 0 Å². The van der Waals surface area contributed by atoms with E-state index in [0.29, 0.717) is 5.11 Å². The molecule has 2 rings (SSSR count). The van der Waals surface area contributed by atoms with Crippen molar-refractivity contribution in [3.63, 3.8) is 0 Å². The smallest absolute Gasteiger partial charge is 0.186 e. The first-order valence-electron chi connectivity index (χ1n) is 5.93. The number of rotatable bonds is 3. The lowest BCUT2D eigenvalue weighted by Gasteiger charge is -2.08. The first-order chi connectivity index (χ1) is 9.70. The number of hydrogen-bond acceptors (Lipinski definition) is 3. The molecule has 1 aromatic carbocycles. The minimum absolute atomic E-state index is 0.462. The molecule has 2 aromatic rings. The molecule has 0 aliphatic carbocycles. The van der Waals surface area contributed by atoms with Crippen LogP contribution < -0.4 is 10.7 Å². The Kier molecular flexibility index (Phi) is 5.42. The molecule has 0 spiro atoms. The highest BCUT2D eigenvalue weighted by atomic mass is 127. The van der Waals surface area contributed by atoms with Crippen LogP contribution >= 0.6 is 34.8 Å². The topological polar surface area (TPSA) is 49.3 Å². The summed E-state index contributed by atoms with van der Waals surface area (Å²) < 4.78 is 1.17. The van der Waals surface area contributed by atoms with Crippen molar-refractivity contribution in [1.82, 2.24) is 15.7 Å². The molecule has 0 radical (unpaired) electrons. The molecule has 20 heavy (non-hydrogen) atoms. The van der Waals surface area contributed by atoms with Crippen LogP contribution in [-0.2, 0) is 0 Å². The van der Waals surface area contributed by atoms with Crippen LogP contribution in [0.1, 0.15) is 11.3 Å². The SMILES string of the molecule is CNC(=S)N/N=C(\c1ccc(I)cc1)c1ccccn1. The molecule has 4 nitrogen and oxygen atoms in total. The molecule has 1 heterocycles. The standard InChI is InChI=1S/C14H13IN4S/c1-16-14(20)19-18-13(12-4-2-3-9-17-12)10-5-7-11(15)8-6-10/h2-9H,1H3,(H2,16,19,20)/b18-13+. The van der Waals surface area contributed by atoms with Gasteiger partial charge in [-0.2, -0.15) is 5.10 Å². The molecule has 0 aliphatic heterocycles. The van der Waals surface area contributed by atoms with E-state index < -0.39 is 0 Å². The molecule has 102 valence electrons. The number of pyridine rings is 1. The Morgan fingerprint density at radius 2 is 1.95 bits per heavy atom. The molecule has 0 bridgehead atoms. The number of thiocarbonyl (C=S) groups is 1. The van der Waals surface area contributed by atoms with E-state index in [-0.39, 0.29) is 0 Å². The molecule has 2 N–H and O–H groups in total. The van der Waals surface area contributed by atoms with Crippen LogP contribution in [0, 0.1) is 3.57 Å². The third kappa shape index (κ3) is 3.97. The van der Waals surface area contributed by atoms with Crippen molar-refractivity contribution in [3.8, 4) is 0 Å². The Bertz CT molecular complexity index is 611. The number of hydrogen-bond donors (Lipinski definition) is 2. The molecule has 0 unspecified atom stereocenters. The minimum Gasteiger partial charge on any atom is -0.364 e.